The topological polar surface area (TPSA) is 164 Å². The number of carboxylic acids is 1. The molecule has 32 heavy (non-hydrogen) atoms. The van der Waals surface area contributed by atoms with Crippen molar-refractivity contribution in [2.45, 2.75) is 29.1 Å². The summed E-state index contributed by atoms with van der Waals surface area (Å²) in [7, 11) is 0. The Kier molecular flexibility index (Phi) is 8.11. The second-order valence-corrected chi connectivity index (χ2v) is 11.0. The van der Waals surface area contributed by atoms with Gasteiger partial charge in [-0.05, 0) is 12.5 Å². The van der Waals surface area contributed by atoms with Crippen molar-refractivity contribution < 1.29 is 54.3 Å². The summed E-state index contributed by atoms with van der Waals surface area (Å²) in [6.07, 6.45) is -0.209. The zero-order valence-electron chi connectivity index (χ0n) is 16.9. The summed E-state index contributed by atoms with van der Waals surface area (Å²) >= 11 is 5.08. The Morgan fingerprint density at radius 1 is 1.44 bits per heavy atom. The third kappa shape index (κ3) is 4.93. The minimum absolute atomic E-state index is 0. The molecule has 2 aromatic heterocycles. The molecule has 4 rings (SSSR count). The van der Waals surface area contributed by atoms with Crippen molar-refractivity contribution in [2.24, 2.45) is 0 Å². The van der Waals surface area contributed by atoms with Gasteiger partial charge in [-0.1, -0.05) is 23.1 Å². The molecule has 2 atom stereocenters. The van der Waals surface area contributed by atoms with E-state index in [2.05, 4.69) is 15.5 Å². The van der Waals surface area contributed by atoms with Gasteiger partial charge in [0.1, 0.15) is 16.4 Å². The van der Waals surface area contributed by atoms with E-state index >= 15 is 0 Å². The average molecular weight is 523 g/mol. The van der Waals surface area contributed by atoms with Crippen molar-refractivity contribution in [3.05, 3.63) is 32.2 Å². The number of carbonyl (C=O) groups is 3. The zero-order chi connectivity index (χ0) is 22.3. The van der Waals surface area contributed by atoms with E-state index < -0.39 is 29.2 Å². The second-order valence-electron chi connectivity index (χ2n) is 6.59. The maximum atomic E-state index is 12.7. The van der Waals surface area contributed by atoms with Crippen LogP contribution in [0.4, 0.5) is 0 Å². The third-order valence-corrected chi connectivity index (χ3v) is 8.73. The van der Waals surface area contributed by atoms with Crippen LogP contribution in [0.2, 0.25) is 0 Å². The molecule has 0 saturated carbocycles. The van der Waals surface area contributed by atoms with Crippen LogP contribution in [0.5, 0.6) is 0 Å². The predicted molar refractivity (Wildman–Crippen MR) is 111 cm³/mol. The fraction of sp³-hybridized carbons (Fsp3) is 0.375. The van der Waals surface area contributed by atoms with Crippen LogP contribution in [0.15, 0.2) is 21.0 Å². The van der Waals surface area contributed by atoms with Gasteiger partial charge in [-0.2, -0.15) is 4.73 Å². The van der Waals surface area contributed by atoms with E-state index in [0.29, 0.717) is 26.1 Å². The van der Waals surface area contributed by atoms with Crippen molar-refractivity contribution in [1.29, 1.82) is 5.41 Å². The monoisotopic (exact) mass is 522 g/mol. The first-order chi connectivity index (χ1) is 14.8. The van der Waals surface area contributed by atoms with E-state index in [1.807, 2.05) is 6.92 Å². The summed E-state index contributed by atoms with van der Waals surface area (Å²) in [6, 6.07) is -0.867. The number of aromatic nitrogens is 3. The van der Waals surface area contributed by atoms with Crippen LogP contribution in [-0.4, -0.2) is 65.7 Å². The molecule has 0 bridgehead atoms. The zero-order valence-corrected chi connectivity index (χ0v) is 22.1. The van der Waals surface area contributed by atoms with Crippen LogP contribution in [0.25, 0.3) is 0 Å². The summed E-state index contributed by atoms with van der Waals surface area (Å²) in [5.41, 5.74) is 0.631. The quantitative estimate of drug-likeness (QED) is 0.143. The number of fused-ring (bicyclic) bond motifs is 1. The van der Waals surface area contributed by atoms with Crippen molar-refractivity contribution in [3.63, 3.8) is 0 Å². The largest absolute Gasteiger partial charge is 1.00 e. The number of hydrogen-bond acceptors (Lipinski definition) is 12. The van der Waals surface area contributed by atoms with Gasteiger partial charge < -0.3 is 20.4 Å². The first-order valence-electron chi connectivity index (χ1n) is 8.80. The van der Waals surface area contributed by atoms with E-state index in [4.69, 9.17) is 5.41 Å². The minimum atomic E-state index is -1.44. The maximum Gasteiger partial charge on any atom is 1.00 e. The van der Waals surface area contributed by atoms with Crippen LogP contribution in [0.1, 0.15) is 10.7 Å². The number of thiazole rings is 1. The molecular formula is C16H15N6NaO5S4. The first kappa shape index (κ1) is 25.3. The van der Waals surface area contributed by atoms with E-state index in [1.54, 1.807) is 0 Å². The molecule has 2 aliphatic rings. The van der Waals surface area contributed by atoms with E-state index in [0.717, 1.165) is 21.2 Å². The fourth-order valence-corrected chi connectivity index (χ4v) is 7.08. The Labute approximate surface area is 220 Å². The molecule has 11 nitrogen and oxygen atoms in total. The van der Waals surface area contributed by atoms with Crippen molar-refractivity contribution in [3.8, 4) is 0 Å². The molecule has 164 valence electrons. The number of carbonyl (C=O) groups excluding carboxylic acids is 3. The number of carboxylic acid groups (broad SMARTS) is 1. The molecular weight excluding hydrogens is 507 g/mol. The average Bonchev–Trinajstić information content (AvgIpc) is 3.29. The summed E-state index contributed by atoms with van der Waals surface area (Å²) in [6.45, 7) is 1.83. The van der Waals surface area contributed by atoms with Crippen LogP contribution >= 0.6 is 46.2 Å². The molecule has 0 aliphatic carbocycles. The normalized spacial score (nSPS) is 19.8. The summed E-state index contributed by atoms with van der Waals surface area (Å²) in [5.74, 6) is -1.76. The van der Waals surface area contributed by atoms with Crippen molar-refractivity contribution in [2.75, 3.05) is 11.5 Å². The first-order valence-corrected chi connectivity index (χ1v) is 12.5. The van der Waals surface area contributed by atoms with Crippen LogP contribution in [-0.2, 0) is 20.8 Å². The Balaban J connectivity index is 0.00000289. The molecule has 0 radical (unpaired) electrons. The van der Waals surface area contributed by atoms with Crippen LogP contribution < -0.4 is 44.8 Å². The van der Waals surface area contributed by atoms with E-state index in [1.165, 1.54) is 40.2 Å². The van der Waals surface area contributed by atoms with Gasteiger partial charge in [0.2, 0.25) is 10.7 Å². The molecule has 0 spiro atoms. The number of aryl methyl sites for hydroxylation is 1. The number of nitrogens with zero attached hydrogens (tertiary/aromatic N) is 4. The van der Waals surface area contributed by atoms with Gasteiger partial charge in [0.15, 0.2) is 4.34 Å². The Hall–Kier alpha value is -1.36. The van der Waals surface area contributed by atoms with E-state index in [-0.39, 0.29) is 52.2 Å². The molecule has 2 aromatic rings. The number of hydrogen-bond donors (Lipinski definition) is 3. The number of rotatable bonds is 7. The van der Waals surface area contributed by atoms with E-state index in [9.17, 15) is 24.7 Å². The molecule has 2 aliphatic heterocycles. The molecule has 2 amide bonds. The van der Waals surface area contributed by atoms with Gasteiger partial charge in [0.25, 0.3) is 5.91 Å². The number of aliphatic carboxylic acids is 1. The van der Waals surface area contributed by atoms with Crippen LogP contribution in [0, 0.1) is 12.3 Å². The minimum Gasteiger partial charge on any atom is -0.543 e. The van der Waals surface area contributed by atoms with Gasteiger partial charge in [0.05, 0.1) is 23.8 Å². The molecule has 16 heteroatoms. The Morgan fingerprint density at radius 3 is 2.78 bits per heavy atom. The second kappa shape index (κ2) is 10.3. The van der Waals surface area contributed by atoms with Gasteiger partial charge >= 0.3 is 29.6 Å². The Morgan fingerprint density at radius 2 is 2.19 bits per heavy atom. The SMILES string of the molecule is Cc1nnc(SCC2=C(C(=O)[O-])N3C(=O)C(NC(=O)Cc4csc(=N)n4O)[C@@H]3SC2)s1.[Na+]. The number of amides is 2. The summed E-state index contributed by atoms with van der Waals surface area (Å²) < 4.78 is 1.31. The third-order valence-electron chi connectivity index (χ3n) is 4.55. The fourth-order valence-electron chi connectivity index (χ4n) is 3.13. The number of thioether (sulfide) groups is 2. The number of nitrogens with one attached hydrogen (secondary N) is 2. The molecule has 3 N–H and O–H groups in total. The molecule has 1 fully saturated rings. The summed E-state index contributed by atoms with van der Waals surface area (Å²) in [4.78, 5) is 37.8. The van der Waals surface area contributed by atoms with Crippen molar-refractivity contribution in [1.82, 2.24) is 25.1 Å². The smallest absolute Gasteiger partial charge is 0.543 e. The molecule has 1 saturated heterocycles. The number of β-lactam (4-membered cyclic amide) rings is 1. The standard InChI is InChI=1S/C16H16N6O5S4.Na/c1-6-19-20-16(31-6)30-4-7-3-28-13-10(12(24)21(13)11(7)14(25)26)18-9(23)2-8-5-29-15(17)22(8)27;/h5,10,13,17,27H,2-4H2,1H3,(H,18,23)(H,25,26);/q;+1/p-1/t10?,13-;/m0./s1. The molecule has 0 aromatic carbocycles. The maximum absolute atomic E-state index is 12.7. The molecule has 4 heterocycles. The van der Waals surface area contributed by atoms with Gasteiger partial charge in [-0.3, -0.25) is 19.9 Å². The Bertz CT molecular complexity index is 1160. The van der Waals surface area contributed by atoms with Gasteiger partial charge in [0, 0.05) is 16.9 Å². The van der Waals surface area contributed by atoms with Gasteiger partial charge in [-0.15, -0.1) is 33.3 Å². The predicted octanol–water partition coefficient (Wildman–Crippen LogP) is -3.83. The van der Waals surface area contributed by atoms with Gasteiger partial charge in [-0.25, -0.2) is 0 Å². The van der Waals surface area contributed by atoms with Crippen LogP contribution in [0.3, 0.4) is 0 Å². The van der Waals surface area contributed by atoms with Crippen molar-refractivity contribution >= 4 is 64.0 Å². The molecule has 1 unspecified atom stereocenters. The summed E-state index contributed by atoms with van der Waals surface area (Å²) in [5, 5.41) is 41.2.